The van der Waals surface area contributed by atoms with Gasteiger partial charge >= 0.3 is 0 Å². The van der Waals surface area contributed by atoms with Gasteiger partial charge in [-0.25, -0.2) is 13.8 Å². The number of hydrogen-bond acceptors (Lipinski definition) is 4. The fourth-order valence-electron chi connectivity index (χ4n) is 2.80. The van der Waals surface area contributed by atoms with Crippen LogP contribution in [0.25, 0.3) is 0 Å². The van der Waals surface area contributed by atoms with Crippen molar-refractivity contribution in [3.05, 3.63) is 54.0 Å². The van der Waals surface area contributed by atoms with Crippen LogP contribution in [0, 0.1) is 17.6 Å². The first-order valence-corrected chi connectivity index (χ1v) is 7.87. The summed E-state index contributed by atoms with van der Waals surface area (Å²) in [6, 6.07) is 3.16. The first kappa shape index (κ1) is 16.3. The van der Waals surface area contributed by atoms with Crippen molar-refractivity contribution in [1.82, 2.24) is 15.3 Å². The summed E-state index contributed by atoms with van der Waals surface area (Å²) < 4.78 is 26.1. The van der Waals surface area contributed by atoms with Crippen LogP contribution in [0.3, 0.4) is 0 Å². The van der Waals surface area contributed by atoms with Gasteiger partial charge in [-0.05, 0) is 37.0 Å². The number of amides is 1. The van der Waals surface area contributed by atoms with E-state index in [0.29, 0.717) is 12.5 Å². The van der Waals surface area contributed by atoms with Crippen LogP contribution in [-0.4, -0.2) is 35.5 Å². The number of anilines is 1. The third-order valence-corrected chi connectivity index (χ3v) is 4.22. The van der Waals surface area contributed by atoms with E-state index in [2.05, 4.69) is 20.2 Å². The van der Waals surface area contributed by atoms with E-state index in [-0.39, 0.29) is 11.5 Å². The Morgan fingerprint density at radius 3 is 2.67 bits per heavy atom. The van der Waals surface area contributed by atoms with Crippen molar-refractivity contribution in [3.8, 4) is 0 Å². The van der Waals surface area contributed by atoms with Crippen molar-refractivity contribution >= 4 is 11.7 Å². The molecule has 0 atom stereocenters. The van der Waals surface area contributed by atoms with Crippen LogP contribution in [0.1, 0.15) is 23.2 Å². The van der Waals surface area contributed by atoms with Gasteiger partial charge in [0.25, 0.3) is 5.91 Å². The lowest BCUT2D eigenvalue weighted by atomic mass is 9.96. The molecule has 1 saturated heterocycles. The number of carbonyl (C=O) groups is 1. The number of hydrogen-bond donors (Lipinski definition) is 1. The Labute approximate surface area is 138 Å². The molecule has 24 heavy (non-hydrogen) atoms. The zero-order valence-corrected chi connectivity index (χ0v) is 13.1. The zero-order valence-electron chi connectivity index (χ0n) is 13.1. The second kappa shape index (κ2) is 7.33. The van der Waals surface area contributed by atoms with Gasteiger partial charge in [0.1, 0.15) is 5.82 Å². The topological polar surface area (TPSA) is 58.1 Å². The van der Waals surface area contributed by atoms with Crippen LogP contribution in [0.15, 0.2) is 36.8 Å². The summed E-state index contributed by atoms with van der Waals surface area (Å²) in [5.74, 6) is -1.14. The molecular weight excluding hydrogens is 314 g/mol. The zero-order chi connectivity index (χ0) is 16.9. The molecule has 1 aromatic carbocycles. The molecule has 1 aromatic heterocycles. The van der Waals surface area contributed by atoms with Crippen LogP contribution >= 0.6 is 0 Å². The number of nitrogens with zero attached hydrogens (tertiary/aromatic N) is 3. The highest BCUT2D eigenvalue weighted by molar-refractivity contribution is 5.94. The number of piperidine rings is 1. The first-order chi connectivity index (χ1) is 11.6. The summed E-state index contributed by atoms with van der Waals surface area (Å²) in [6.45, 7) is 2.22. The fraction of sp³-hybridized carbons (Fsp3) is 0.353. The van der Waals surface area contributed by atoms with Gasteiger partial charge in [0.15, 0.2) is 11.6 Å². The molecule has 2 heterocycles. The minimum Gasteiger partial charge on any atom is -0.355 e. The van der Waals surface area contributed by atoms with Gasteiger partial charge in [0.05, 0.1) is 6.20 Å². The van der Waals surface area contributed by atoms with Gasteiger partial charge in [0, 0.05) is 37.6 Å². The number of aromatic nitrogens is 2. The van der Waals surface area contributed by atoms with E-state index in [4.69, 9.17) is 0 Å². The maximum absolute atomic E-state index is 13.2. The summed E-state index contributed by atoms with van der Waals surface area (Å²) in [6.07, 6.45) is 6.90. The first-order valence-electron chi connectivity index (χ1n) is 7.87. The molecule has 126 valence electrons. The average Bonchev–Trinajstić information content (AvgIpc) is 2.63. The molecule has 1 aliphatic rings. The Morgan fingerprint density at radius 2 is 2.00 bits per heavy atom. The SMILES string of the molecule is O=C(NCC1CCN(c2cnccn2)CC1)c1ccc(F)c(F)c1. The van der Waals surface area contributed by atoms with E-state index in [0.717, 1.165) is 43.9 Å². The standard InChI is InChI=1S/C17H18F2N4O/c18-14-2-1-13(9-15(14)19)17(24)22-10-12-3-7-23(8-4-12)16-11-20-5-6-21-16/h1-2,5-6,9,11-12H,3-4,7-8,10H2,(H,22,24). The summed E-state index contributed by atoms with van der Waals surface area (Å²) in [7, 11) is 0. The van der Waals surface area contributed by atoms with Crippen molar-refractivity contribution in [2.24, 2.45) is 5.92 Å². The molecule has 5 nitrogen and oxygen atoms in total. The quantitative estimate of drug-likeness (QED) is 0.934. The molecule has 1 fully saturated rings. The molecule has 1 N–H and O–H groups in total. The van der Waals surface area contributed by atoms with Gasteiger partial charge in [-0.2, -0.15) is 0 Å². The van der Waals surface area contributed by atoms with Crippen LogP contribution < -0.4 is 10.2 Å². The molecule has 3 rings (SSSR count). The van der Waals surface area contributed by atoms with Crippen molar-refractivity contribution in [3.63, 3.8) is 0 Å². The maximum Gasteiger partial charge on any atom is 0.251 e. The van der Waals surface area contributed by atoms with Crippen molar-refractivity contribution in [1.29, 1.82) is 0 Å². The van der Waals surface area contributed by atoms with Gasteiger partial charge < -0.3 is 10.2 Å². The molecule has 0 unspecified atom stereocenters. The van der Waals surface area contributed by atoms with Gasteiger partial charge in [-0.1, -0.05) is 0 Å². The highest BCUT2D eigenvalue weighted by Gasteiger charge is 2.21. The number of benzene rings is 1. The van der Waals surface area contributed by atoms with Gasteiger partial charge in [-0.3, -0.25) is 9.78 Å². The van der Waals surface area contributed by atoms with Crippen LogP contribution in [0.2, 0.25) is 0 Å². The van der Waals surface area contributed by atoms with E-state index >= 15 is 0 Å². The molecule has 1 aliphatic heterocycles. The maximum atomic E-state index is 13.2. The number of halogens is 2. The van der Waals surface area contributed by atoms with E-state index in [1.54, 1.807) is 18.6 Å². The van der Waals surface area contributed by atoms with E-state index in [1.165, 1.54) is 6.07 Å². The predicted molar refractivity (Wildman–Crippen MR) is 85.7 cm³/mol. The van der Waals surface area contributed by atoms with Crippen molar-refractivity contribution in [2.45, 2.75) is 12.8 Å². The molecular formula is C17H18F2N4O. The van der Waals surface area contributed by atoms with Crippen LogP contribution in [0.4, 0.5) is 14.6 Å². The number of carbonyl (C=O) groups excluding carboxylic acids is 1. The molecule has 0 saturated carbocycles. The van der Waals surface area contributed by atoms with Crippen molar-refractivity contribution < 1.29 is 13.6 Å². The Kier molecular flexibility index (Phi) is 4.98. The Balaban J connectivity index is 1.48. The third kappa shape index (κ3) is 3.84. The summed E-state index contributed by atoms with van der Waals surface area (Å²) in [4.78, 5) is 22.5. The van der Waals surface area contributed by atoms with E-state index < -0.39 is 11.6 Å². The number of rotatable bonds is 4. The van der Waals surface area contributed by atoms with Gasteiger partial charge in [-0.15, -0.1) is 0 Å². The molecule has 1 amide bonds. The largest absolute Gasteiger partial charge is 0.355 e. The normalized spacial score (nSPS) is 15.3. The smallest absolute Gasteiger partial charge is 0.251 e. The lowest BCUT2D eigenvalue weighted by Crippen LogP contribution is -2.39. The highest BCUT2D eigenvalue weighted by atomic mass is 19.2. The highest BCUT2D eigenvalue weighted by Crippen LogP contribution is 2.20. The molecule has 0 spiro atoms. The summed E-state index contributed by atoms with van der Waals surface area (Å²) in [5, 5.41) is 2.80. The summed E-state index contributed by atoms with van der Waals surface area (Å²) in [5.41, 5.74) is 0.130. The van der Waals surface area contributed by atoms with E-state index in [1.807, 2.05) is 0 Å². The van der Waals surface area contributed by atoms with Crippen LogP contribution in [-0.2, 0) is 0 Å². The lowest BCUT2D eigenvalue weighted by molar-refractivity contribution is 0.0944. The van der Waals surface area contributed by atoms with Crippen molar-refractivity contribution in [2.75, 3.05) is 24.5 Å². The second-order valence-electron chi connectivity index (χ2n) is 5.83. The van der Waals surface area contributed by atoms with Gasteiger partial charge in [0.2, 0.25) is 0 Å². The second-order valence-corrected chi connectivity index (χ2v) is 5.83. The fourth-order valence-corrected chi connectivity index (χ4v) is 2.80. The Morgan fingerprint density at radius 1 is 1.21 bits per heavy atom. The lowest BCUT2D eigenvalue weighted by Gasteiger charge is -2.32. The predicted octanol–water partition coefficient (Wildman–Crippen LogP) is 2.40. The number of nitrogens with one attached hydrogen (secondary N) is 1. The molecule has 7 heteroatoms. The Hall–Kier alpha value is -2.57. The monoisotopic (exact) mass is 332 g/mol. The van der Waals surface area contributed by atoms with E-state index in [9.17, 15) is 13.6 Å². The minimum absolute atomic E-state index is 0.130. The molecule has 0 bridgehead atoms. The third-order valence-electron chi connectivity index (χ3n) is 4.22. The summed E-state index contributed by atoms with van der Waals surface area (Å²) >= 11 is 0. The molecule has 0 aliphatic carbocycles. The minimum atomic E-state index is -1.01. The average molecular weight is 332 g/mol. The Bertz CT molecular complexity index is 703. The molecule has 2 aromatic rings. The molecule has 0 radical (unpaired) electrons. The van der Waals surface area contributed by atoms with Crippen LogP contribution in [0.5, 0.6) is 0 Å².